The zero-order chi connectivity index (χ0) is 22.9. The molecule has 0 radical (unpaired) electrons. The van der Waals surface area contributed by atoms with Crippen molar-refractivity contribution in [2.24, 2.45) is 11.7 Å². The molecule has 164 valence electrons. The molecule has 0 spiro atoms. The predicted octanol–water partition coefficient (Wildman–Crippen LogP) is 2.64. The lowest BCUT2D eigenvalue weighted by Crippen LogP contribution is -2.52. The fourth-order valence-corrected chi connectivity index (χ4v) is 3.32. The van der Waals surface area contributed by atoms with E-state index in [9.17, 15) is 31.9 Å². The summed E-state index contributed by atoms with van der Waals surface area (Å²) >= 11 is 0. The van der Waals surface area contributed by atoms with E-state index in [2.05, 4.69) is 10.3 Å². The first-order valence-electron chi connectivity index (χ1n) is 9.19. The minimum absolute atomic E-state index is 0.00517. The van der Waals surface area contributed by atoms with Gasteiger partial charge in [-0.05, 0) is 23.8 Å². The van der Waals surface area contributed by atoms with Gasteiger partial charge in [0, 0.05) is 25.1 Å². The zero-order valence-electron chi connectivity index (χ0n) is 16.2. The van der Waals surface area contributed by atoms with Crippen LogP contribution < -0.4 is 11.1 Å². The van der Waals surface area contributed by atoms with Crippen LogP contribution in [-0.2, 0) is 9.59 Å². The van der Waals surface area contributed by atoms with E-state index in [0.717, 1.165) is 35.5 Å². The molecule has 3 rings (SSSR count). The van der Waals surface area contributed by atoms with Crippen LogP contribution in [-0.4, -0.2) is 40.1 Å². The van der Waals surface area contributed by atoms with Crippen LogP contribution in [0.2, 0.25) is 0 Å². The van der Waals surface area contributed by atoms with Crippen LogP contribution in [0.15, 0.2) is 36.7 Å². The smallest absolute Gasteiger partial charge is 0.313 e. The van der Waals surface area contributed by atoms with E-state index in [1.54, 1.807) is 0 Å². The van der Waals surface area contributed by atoms with Crippen molar-refractivity contribution in [2.75, 3.05) is 11.9 Å². The number of amides is 3. The van der Waals surface area contributed by atoms with E-state index >= 15 is 0 Å². The van der Waals surface area contributed by atoms with Gasteiger partial charge in [-0.15, -0.1) is 0 Å². The van der Waals surface area contributed by atoms with Gasteiger partial charge in [-0.3, -0.25) is 19.4 Å². The Morgan fingerprint density at radius 3 is 2.52 bits per heavy atom. The van der Waals surface area contributed by atoms with E-state index in [1.165, 1.54) is 13.0 Å². The Kier molecular flexibility index (Phi) is 5.96. The molecule has 2 atom stereocenters. The maximum absolute atomic E-state index is 14.4. The molecule has 1 aromatic carbocycles. The monoisotopic (exact) mass is 438 g/mol. The maximum atomic E-state index is 14.4. The summed E-state index contributed by atoms with van der Waals surface area (Å²) in [7, 11) is 0. The molecule has 0 aliphatic carbocycles. The molecule has 3 amide bonds. The van der Waals surface area contributed by atoms with Crippen LogP contribution in [0.25, 0.3) is 0 Å². The summed E-state index contributed by atoms with van der Waals surface area (Å²) in [5, 5.41) is 2.24. The van der Waals surface area contributed by atoms with E-state index < -0.39 is 60.2 Å². The summed E-state index contributed by atoms with van der Waals surface area (Å²) in [6.45, 7) is 0.738. The van der Waals surface area contributed by atoms with Gasteiger partial charge in [0.25, 0.3) is 5.92 Å². The molecule has 0 bridgehead atoms. The molecule has 1 aliphatic rings. The number of benzene rings is 1. The number of pyridine rings is 1. The molecule has 1 aromatic heterocycles. The number of hydrogen-bond donors (Lipinski definition) is 2. The highest BCUT2D eigenvalue weighted by Crippen LogP contribution is 2.43. The molecule has 11 heteroatoms. The normalized spacial score (nSPS) is 20.2. The molecule has 0 saturated carbocycles. The number of halogens is 4. The second kappa shape index (κ2) is 8.32. The average molecular weight is 438 g/mol. The summed E-state index contributed by atoms with van der Waals surface area (Å²) in [6, 6.07) is 2.43. The molecule has 3 N–H and O–H groups in total. The molecular weight excluding hydrogens is 420 g/mol. The average Bonchev–Trinajstić information content (AvgIpc) is 2.71. The van der Waals surface area contributed by atoms with Gasteiger partial charge in [0.1, 0.15) is 0 Å². The molecule has 31 heavy (non-hydrogen) atoms. The Morgan fingerprint density at radius 2 is 1.87 bits per heavy atom. The third-order valence-electron chi connectivity index (χ3n) is 5.10. The minimum Gasteiger partial charge on any atom is -0.366 e. The molecule has 1 fully saturated rings. The van der Waals surface area contributed by atoms with Crippen LogP contribution >= 0.6 is 0 Å². The van der Waals surface area contributed by atoms with E-state index in [4.69, 9.17) is 5.73 Å². The fourth-order valence-electron chi connectivity index (χ4n) is 3.32. The number of piperidine rings is 1. The maximum Gasteiger partial charge on any atom is 0.313 e. The number of hydrogen-bond acceptors (Lipinski definition) is 4. The number of anilines is 1. The van der Waals surface area contributed by atoms with Crippen LogP contribution in [0, 0.1) is 17.6 Å². The van der Waals surface area contributed by atoms with E-state index in [0.29, 0.717) is 0 Å². The Bertz CT molecular complexity index is 1050. The van der Waals surface area contributed by atoms with Crippen molar-refractivity contribution in [1.29, 1.82) is 0 Å². The number of carbonyl (C=O) groups is 3. The van der Waals surface area contributed by atoms with Gasteiger partial charge in [0.05, 0.1) is 23.5 Å². The number of nitrogens with one attached hydrogen (secondary N) is 1. The van der Waals surface area contributed by atoms with Crippen molar-refractivity contribution in [3.05, 3.63) is 59.4 Å². The van der Waals surface area contributed by atoms with Crippen LogP contribution in [0.3, 0.4) is 0 Å². The molecule has 1 saturated heterocycles. The van der Waals surface area contributed by atoms with E-state index in [1.807, 2.05) is 0 Å². The summed E-state index contributed by atoms with van der Waals surface area (Å²) in [6.07, 6.45) is 1.46. The molecule has 2 aromatic rings. The standard InChI is InChI=1S/C20H18F4N4O3/c1-10-9-28(16(6-20(10,23)24)11-2-3-14(21)15(22)5-11)19(31)18(30)27-13-4-12(17(25)29)7-26-8-13/h2-5,7-8,10,16H,6,9H2,1H3,(H2,25,29)(H,27,30)/t10-,16-/m1/s1. The predicted molar refractivity (Wildman–Crippen MR) is 101 cm³/mol. The van der Waals surface area contributed by atoms with Crippen LogP contribution in [0.4, 0.5) is 23.2 Å². The van der Waals surface area contributed by atoms with Crippen molar-refractivity contribution in [3.8, 4) is 0 Å². The number of likely N-dealkylation sites (tertiary alicyclic amines) is 1. The Balaban J connectivity index is 1.88. The minimum atomic E-state index is -3.19. The van der Waals surface area contributed by atoms with E-state index in [-0.39, 0.29) is 16.8 Å². The van der Waals surface area contributed by atoms with Gasteiger partial charge >= 0.3 is 11.8 Å². The first-order chi connectivity index (χ1) is 14.5. The topological polar surface area (TPSA) is 105 Å². The van der Waals surface area contributed by atoms with Crippen molar-refractivity contribution < 1.29 is 31.9 Å². The second-order valence-electron chi connectivity index (χ2n) is 7.29. The van der Waals surface area contributed by atoms with Crippen molar-refractivity contribution >= 4 is 23.4 Å². The van der Waals surface area contributed by atoms with Gasteiger partial charge in [-0.2, -0.15) is 0 Å². The first kappa shape index (κ1) is 22.2. The SMILES string of the molecule is C[C@@H]1CN(C(=O)C(=O)Nc2cncc(C(N)=O)c2)[C@@H](c2ccc(F)c(F)c2)CC1(F)F. The number of rotatable bonds is 3. The molecule has 1 aliphatic heterocycles. The Hall–Kier alpha value is -3.50. The number of primary amides is 1. The van der Waals surface area contributed by atoms with Crippen molar-refractivity contribution in [3.63, 3.8) is 0 Å². The summed E-state index contributed by atoms with van der Waals surface area (Å²) in [4.78, 5) is 41.2. The summed E-state index contributed by atoms with van der Waals surface area (Å²) in [5.74, 6) is -10.0. The Labute approximate surface area is 174 Å². The van der Waals surface area contributed by atoms with Gasteiger partial charge in [-0.1, -0.05) is 13.0 Å². The molecular formula is C20H18F4N4O3. The number of carbonyl (C=O) groups excluding carboxylic acids is 3. The lowest BCUT2D eigenvalue weighted by atomic mass is 9.86. The van der Waals surface area contributed by atoms with Crippen molar-refractivity contribution in [2.45, 2.75) is 25.3 Å². The third kappa shape index (κ3) is 4.65. The largest absolute Gasteiger partial charge is 0.366 e. The lowest BCUT2D eigenvalue weighted by Gasteiger charge is -2.42. The number of nitrogens with zero attached hydrogens (tertiary/aromatic N) is 2. The second-order valence-corrected chi connectivity index (χ2v) is 7.29. The number of aromatic nitrogens is 1. The highest BCUT2D eigenvalue weighted by molar-refractivity contribution is 6.39. The zero-order valence-corrected chi connectivity index (χ0v) is 16.2. The van der Waals surface area contributed by atoms with Gasteiger partial charge in [0.15, 0.2) is 11.6 Å². The van der Waals surface area contributed by atoms with Crippen molar-refractivity contribution in [1.82, 2.24) is 9.88 Å². The van der Waals surface area contributed by atoms with Crippen LogP contribution in [0.5, 0.6) is 0 Å². The molecule has 2 heterocycles. The van der Waals surface area contributed by atoms with Gasteiger partial charge in [-0.25, -0.2) is 17.6 Å². The first-order valence-corrected chi connectivity index (χ1v) is 9.19. The summed E-state index contributed by atoms with van der Waals surface area (Å²) in [5.41, 5.74) is 5.05. The number of nitrogens with two attached hydrogens (primary N) is 1. The summed E-state index contributed by atoms with van der Waals surface area (Å²) < 4.78 is 55.7. The third-order valence-corrected chi connectivity index (χ3v) is 5.10. The highest BCUT2D eigenvalue weighted by Gasteiger charge is 2.48. The highest BCUT2D eigenvalue weighted by atomic mass is 19.3. The molecule has 7 nitrogen and oxygen atoms in total. The van der Waals surface area contributed by atoms with Gasteiger partial charge < -0.3 is 16.0 Å². The van der Waals surface area contributed by atoms with Gasteiger partial charge in [0.2, 0.25) is 5.91 Å². The quantitative estimate of drug-likeness (QED) is 0.568. The fraction of sp³-hybridized carbons (Fsp3) is 0.300. The molecule has 0 unspecified atom stereocenters. The van der Waals surface area contributed by atoms with Crippen LogP contribution in [0.1, 0.15) is 35.3 Å². The number of alkyl halides is 2. The lowest BCUT2D eigenvalue weighted by molar-refractivity contribution is -0.159. The Morgan fingerprint density at radius 1 is 1.16 bits per heavy atom.